The van der Waals surface area contributed by atoms with Gasteiger partial charge in [-0.15, -0.1) is 0 Å². The van der Waals surface area contributed by atoms with Crippen molar-refractivity contribution in [2.24, 2.45) is 0 Å². The van der Waals surface area contributed by atoms with Gasteiger partial charge in [0.25, 0.3) is 0 Å². The van der Waals surface area contributed by atoms with Crippen LogP contribution in [0.5, 0.6) is 11.5 Å². The Labute approximate surface area is 190 Å². The van der Waals surface area contributed by atoms with Crippen LogP contribution < -0.4 is 9.47 Å². The van der Waals surface area contributed by atoms with Crippen molar-refractivity contribution in [1.29, 1.82) is 5.26 Å². The monoisotopic (exact) mass is 448 g/mol. The van der Waals surface area contributed by atoms with Crippen LogP contribution >= 0.6 is 23.2 Å². The van der Waals surface area contributed by atoms with Gasteiger partial charge in [-0.25, -0.2) is 0 Å². The third-order valence-corrected chi connectivity index (χ3v) is 5.88. The molecule has 1 aromatic heterocycles. The van der Waals surface area contributed by atoms with Crippen molar-refractivity contribution in [1.82, 2.24) is 4.98 Å². The Hall–Kier alpha value is -3.26. The first-order valence-electron chi connectivity index (χ1n) is 9.49. The molecule has 0 aliphatic heterocycles. The molecular weight excluding hydrogens is 431 g/mol. The number of rotatable bonds is 4. The number of aromatic nitrogens is 1. The highest BCUT2D eigenvalue weighted by atomic mass is 35.5. The van der Waals surface area contributed by atoms with Crippen molar-refractivity contribution >= 4 is 34.1 Å². The number of fused-ring (bicyclic) bond motifs is 1. The highest BCUT2D eigenvalue weighted by Crippen LogP contribution is 2.40. The summed E-state index contributed by atoms with van der Waals surface area (Å²) in [7, 11) is 3.17. The summed E-state index contributed by atoms with van der Waals surface area (Å²) >= 11 is 13.1. The summed E-state index contributed by atoms with van der Waals surface area (Å²) in [5.41, 5.74) is 5.77. The van der Waals surface area contributed by atoms with E-state index in [1.54, 1.807) is 38.5 Å². The Morgan fingerprint density at radius 3 is 2.19 bits per heavy atom. The van der Waals surface area contributed by atoms with Gasteiger partial charge in [0.05, 0.1) is 41.4 Å². The van der Waals surface area contributed by atoms with Crippen molar-refractivity contribution in [3.05, 3.63) is 75.9 Å². The molecule has 154 valence electrons. The molecule has 0 saturated heterocycles. The molecule has 0 amide bonds. The number of nitrogens with zero attached hydrogens (tertiary/aromatic N) is 2. The van der Waals surface area contributed by atoms with Crippen LogP contribution in [-0.2, 0) is 0 Å². The topological polar surface area (TPSA) is 55.1 Å². The lowest BCUT2D eigenvalue weighted by molar-refractivity contribution is 0.415. The van der Waals surface area contributed by atoms with Crippen LogP contribution in [0.4, 0.5) is 0 Å². The van der Waals surface area contributed by atoms with E-state index in [2.05, 4.69) is 6.07 Å². The second-order valence-electron chi connectivity index (χ2n) is 6.99. The van der Waals surface area contributed by atoms with Crippen LogP contribution in [0.3, 0.4) is 0 Å². The average Bonchev–Trinajstić information content (AvgIpc) is 2.79. The molecule has 0 radical (unpaired) electrons. The van der Waals surface area contributed by atoms with Crippen LogP contribution in [-0.4, -0.2) is 19.2 Å². The molecular formula is C25H18Cl2N2O2. The first kappa shape index (κ1) is 21.0. The molecule has 0 bridgehead atoms. The first-order valence-corrected chi connectivity index (χ1v) is 10.2. The van der Waals surface area contributed by atoms with Gasteiger partial charge in [0.2, 0.25) is 0 Å². The lowest BCUT2D eigenvalue weighted by Crippen LogP contribution is -1.94. The average molecular weight is 449 g/mol. The van der Waals surface area contributed by atoms with E-state index in [1.165, 1.54) is 0 Å². The van der Waals surface area contributed by atoms with E-state index in [4.69, 9.17) is 42.9 Å². The quantitative estimate of drug-likeness (QED) is 0.334. The minimum absolute atomic E-state index is 0.483. The summed E-state index contributed by atoms with van der Waals surface area (Å²) in [4.78, 5) is 4.72. The lowest BCUT2D eigenvalue weighted by Gasteiger charge is -2.14. The summed E-state index contributed by atoms with van der Waals surface area (Å²) in [6, 6.07) is 19.1. The zero-order valence-corrected chi connectivity index (χ0v) is 18.7. The van der Waals surface area contributed by atoms with Gasteiger partial charge < -0.3 is 9.47 Å². The minimum Gasteiger partial charge on any atom is -0.496 e. The SMILES string of the molecule is COc1cc2nc(C)c(-c3ccc(-c4ccc(C#N)cc4OC)cc3)c(Cl)c2cc1Cl. The Morgan fingerprint density at radius 2 is 1.55 bits per heavy atom. The molecule has 4 rings (SSSR count). The molecule has 0 unspecified atom stereocenters. The van der Waals surface area contributed by atoms with Crippen molar-refractivity contribution < 1.29 is 9.47 Å². The summed E-state index contributed by atoms with van der Waals surface area (Å²) in [6.45, 7) is 1.93. The van der Waals surface area contributed by atoms with Crippen LogP contribution in [0.1, 0.15) is 11.3 Å². The number of nitriles is 1. The zero-order valence-electron chi connectivity index (χ0n) is 17.2. The van der Waals surface area contributed by atoms with E-state index in [9.17, 15) is 0 Å². The van der Waals surface area contributed by atoms with Gasteiger partial charge >= 0.3 is 0 Å². The smallest absolute Gasteiger partial charge is 0.139 e. The molecule has 0 aliphatic carbocycles. The van der Waals surface area contributed by atoms with E-state index < -0.39 is 0 Å². The normalized spacial score (nSPS) is 10.7. The molecule has 4 nitrogen and oxygen atoms in total. The van der Waals surface area contributed by atoms with Gasteiger partial charge in [0.15, 0.2) is 0 Å². The maximum atomic E-state index is 9.12. The predicted octanol–water partition coefficient (Wildman–Crippen LogP) is 7.07. The highest BCUT2D eigenvalue weighted by Gasteiger charge is 2.16. The second kappa shape index (κ2) is 8.47. The molecule has 0 fully saturated rings. The largest absolute Gasteiger partial charge is 0.496 e. The number of methoxy groups -OCH3 is 2. The van der Waals surface area contributed by atoms with Crippen LogP contribution in [0, 0.1) is 18.3 Å². The fraction of sp³-hybridized carbons (Fsp3) is 0.120. The third-order valence-electron chi connectivity index (χ3n) is 5.19. The summed E-state index contributed by atoms with van der Waals surface area (Å²) in [5, 5.41) is 11.0. The van der Waals surface area contributed by atoms with E-state index in [0.29, 0.717) is 27.1 Å². The Kier molecular flexibility index (Phi) is 5.73. The van der Waals surface area contributed by atoms with Crippen LogP contribution in [0.25, 0.3) is 33.2 Å². The number of benzene rings is 3. The van der Waals surface area contributed by atoms with E-state index in [1.807, 2.05) is 37.3 Å². The fourth-order valence-electron chi connectivity index (χ4n) is 3.65. The Morgan fingerprint density at radius 1 is 0.871 bits per heavy atom. The van der Waals surface area contributed by atoms with Crippen molar-refractivity contribution in [2.75, 3.05) is 14.2 Å². The van der Waals surface area contributed by atoms with E-state index in [0.717, 1.165) is 38.9 Å². The van der Waals surface area contributed by atoms with Gasteiger partial charge in [-0.3, -0.25) is 4.98 Å². The van der Waals surface area contributed by atoms with Crippen LogP contribution in [0.2, 0.25) is 10.0 Å². The summed E-state index contributed by atoms with van der Waals surface area (Å²) in [5.74, 6) is 1.21. The first-order chi connectivity index (χ1) is 15.0. The second-order valence-corrected chi connectivity index (χ2v) is 7.78. The lowest BCUT2D eigenvalue weighted by atomic mass is 9.97. The minimum atomic E-state index is 0.483. The number of hydrogen-bond acceptors (Lipinski definition) is 4. The van der Waals surface area contributed by atoms with E-state index in [-0.39, 0.29) is 0 Å². The zero-order chi connectivity index (χ0) is 22.1. The molecule has 31 heavy (non-hydrogen) atoms. The van der Waals surface area contributed by atoms with Crippen molar-refractivity contribution in [2.45, 2.75) is 6.92 Å². The molecule has 1 heterocycles. The number of pyridine rings is 1. The maximum absolute atomic E-state index is 9.12. The number of hydrogen-bond donors (Lipinski definition) is 0. The molecule has 3 aromatic carbocycles. The molecule has 0 aliphatic rings. The van der Waals surface area contributed by atoms with Crippen molar-refractivity contribution in [3.63, 3.8) is 0 Å². The Bertz CT molecular complexity index is 1340. The predicted molar refractivity (Wildman–Crippen MR) is 125 cm³/mol. The molecule has 0 atom stereocenters. The van der Waals surface area contributed by atoms with Gasteiger partial charge in [0.1, 0.15) is 11.5 Å². The van der Waals surface area contributed by atoms with Crippen LogP contribution in [0.15, 0.2) is 54.6 Å². The van der Waals surface area contributed by atoms with Gasteiger partial charge in [-0.1, -0.05) is 47.5 Å². The molecule has 0 N–H and O–H groups in total. The molecule has 0 spiro atoms. The standard InChI is InChI=1S/C25H18Cl2N2O2/c1-14-24(25(27)19-11-20(26)23(31-3)12-21(19)29-14)17-7-5-16(6-8-17)18-9-4-15(13-28)10-22(18)30-2/h4-12H,1-3H3. The van der Waals surface area contributed by atoms with Gasteiger partial charge in [-0.05, 0) is 42.3 Å². The highest BCUT2D eigenvalue weighted by molar-refractivity contribution is 6.39. The fourth-order valence-corrected chi connectivity index (χ4v) is 4.29. The van der Waals surface area contributed by atoms with Crippen molar-refractivity contribution in [3.8, 4) is 39.8 Å². The summed E-state index contributed by atoms with van der Waals surface area (Å²) in [6.07, 6.45) is 0. The molecule has 4 aromatic rings. The summed E-state index contributed by atoms with van der Waals surface area (Å²) < 4.78 is 10.8. The van der Waals surface area contributed by atoms with Gasteiger partial charge in [-0.2, -0.15) is 5.26 Å². The number of aryl methyl sites for hydroxylation is 1. The molecule has 6 heteroatoms. The number of halogens is 2. The van der Waals surface area contributed by atoms with E-state index >= 15 is 0 Å². The third kappa shape index (κ3) is 3.79. The molecule has 0 saturated carbocycles. The number of ether oxygens (including phenoxy) is 2. The maximum Gasteiger partial charge on any atom is 0.139 e. The van der Waals surface area contributed by atoms with Gasteiger partial charge in [0, 0.05) is 28.3 Å². The Balaban J connectivity index is 1.80.